The van der Waals surface area contributed by atoms with Gasteiger partial charge in [-0.15, -0.1) is 0 Å². The topological polar surface area (TPSA) is 159 Å². The molecule has 332 valence electrons. The molecular weight excluding hydrogens is 801 g/mol. The van der Waals surface area contributed by atoms with Gasteiger partial charge in [0.05, 0.1) is 17.7 Å². The van der Waals surface area contributed by atoms with E-state index < -0.39 is 23.6 Å². The summed E-state index contributed by atoms with van der Waals surface area (Å²) < 4.78 is 14.0. The summed E-state index contributed by atoms with van der Waals surface area (Å²) in [6, 6.07) is 16.7. The van der Waals surface area contributed by atoms with E-state index in [1.54, 1.807) is 21.7 Å². The normalized spacial score (nSPS) is 21.6. The van der Waals surface area contributed by atoms with Gasteiger partial charge in [-0.05, 0) is 128 Å². The van der Waals surface area contributed by atoms with Crippen LogP contribution >= 0.6 is 0 Å². The van der Waals surface area contributed by atoms with Crippen LogP contribution in [0.2, 0.25) is 0 Å². The van der Waals surface area contributed by atoms with Crippen LogP contribution in [0.3, 0.4) is 0 Å². The highest BCUT2D eigenvalue weighted by atomic mass is 16.6. The van der Waals surface area contributed by atoms with Crippen LogP contribution in [0, 0.1) is 5.92 Å². The van der Waals surface area contributed by atoms with Gasteiger partial charge in [-0.3, -0.25) is 29.4 Å². The molecule has 0 aliphatic carbocycles. The van der Waals surface area contributed by atoms with E-state index >= 15 is 0 Å². The number of nitrogens with zero attached hydrogens (tertiary/aromatic N) is 6. The molecule has 4 saturated heterocycles. The van der Waals surface area contributed by atoms with Crippen LogP contribution in [0.25, 0.3) is 10.9 Å². The van der Waals surface area contributed by atoms with Gasteiger partial charge in [-0.25, -0.2) is 14.3 Å². The second-order valence-electron chi connectivity index (χ2n) is 18.8. The quantitative estimate of drug-likeness (QED) is 0.177. The number of amides is 4. The number of hydrogen-bond acceptors (Lipinski definition) is 11. The lowest BCUT2D eigenvalue weighted by atomic mass is 9.96. The first-order valence-electron chi connectivity index (χ1n) is 22.5. The summed E-state index contributed by atoms with van der Waals surface area (Å²) in [7, 11) is 2.07. The molecule has 2 atom stereocenters. The standard InChI is InChI=1S/C48H58N8O7/c1-48(2,3)63-47(61)56-40-26-42(49-27-32(40)25-41(56)38-9-6-20-52(38)4)50-44(58)31-10-12-33(13-11-31)53-23-18-34(19-24-53)62-29-30-16-21-54(22-17-30)37-8-5-7-35-36(37)28-55(46(35)60)39-14-15-43(57)51-45(39)59/h5,7-8,10-13,25-27,30,34,38-39H,6,9,14-24,28-29H2,1-4H3,(H,49,50,58)(H,51,57,59)/t38-,39?/m1/s1. The third-order valence-corrected chi connectivity index (χ3v) is 13.4. The predicted octanol–water partition coefficient (Wildman–Crippen LogP) is 6.50. The Morgan fingerprint density at radius 1 is 0.873 bits per heavy atom. The van der Waals surface area contributed by atoms with Gasteiger partial charge in [0, 0.05) is 97.2 Å². The largest absolute Gasteiger partial charge is 0.443 e. The monoisotopic (exact) mass is 858 g/mol. The van der Waals surface area contributed by atoms with Crippen LogP contribution < -0.4 is 20.4 Å². The van der Waals surface area contributed by atoms with Crippen molar-refractivity contribution in [2.24, 2.45) is 5.92 Å². The minimum atomic E-state index is -0.669. The van der Waals surface area contributed by atoms with Gasteiger partial charge in [0.1, 0.15) is 17.5 Å². The van der Waals surface area contributed by atoms with Crippen LogP contribution in [-0.4, -0.2) is 113 Å². The smallest absolute Gasteiger partial charge is 0.419 e. The molecule has 0 radical (unpaired) electrons. The Kier molecular flexibility index (Phi) is 11.7. The van der Waals surface area contributed by atoms with E-state index in [0.717, 1.165) is 106 Å². The number of nitrogens with one attached hydrogen (secondary N) is 2. The minimum Gasteiger partial charge on any atom is -0.443 e. The van der Waals surface area contributed by atoms with Gasteiger partial charge < -0.3 is 29.5 Å². The highest BCUT2D eigenvalue weighted by Crippen LogP contribution is 2.37. The van der Waals surface area contributed by atoms with E-state index in [-0.39, 0.29) is 36.3 Å². The van der Waals surface area contributed by atoms with Crippen molar-refractivity contribution in [3.8, 4) is 0 Å². The van der Waals surface area contributed by atoms with Gasteiger partial charge in [0.15, 0.2) is 0 Å². The van der Waals surface area contributed by atoms with Crippen molar-refractivity contribution in [1.82, 2.24) is 24.7 Å². The molecule has 1 unspecified atom stereocenters. The summed E-state index contributed by atoms with van der Waals surface area (Å²) in [5.41, 5.74) is 5.08. The maximum Gasteiger partial charge on any atom is 0.419 e. The third kappa shape index (κ3) is 8.90. The van der Waals surface area contributed by atoms with Gasteiger partial charge in [-0.1, -0.05) is 6.07 Å². The second-order valence-corrected chi connectivity index (χ2v) is 18.8. The Labute approximate surface area is 368 Å². The lowest BCUT2D eigenvalue weighted by molar-refractivity contribution is -0.136. The first kappa shape index (κ1) is 42.5. The molecule has 5 aliphatic rings. The van der Waals surface area contributed by atoms with Crippen molar-refractivity contribution >= 4 is 57.8 Å². The number of imide groups is 1. The first-order valence-corrected chi connectivity index (χ1v) is 22.5. The van der Waals surface area contributed by atoms with Crippen molar-refractivity contribution in [2.45, 2.75) is 102 Å². The molecule has 0 saturated carbocycles. The fraction of sp³-hybridized carbons (Fsp3) is 0.500. The second kappa shape index (κ2) is 17.4. The van der Waals surface area contributed by atoms with E-state index in [0.29, 0.717) is 41.3 Å². The van der Waals surface area contributed by atoms with Crippen molar-refractivity contribution in [3.63, 3.8) is 0 Å². The molecule has 4 aromatic rings. The Hall–Kier alpha value is -5.80. The fourth-order valence-corrected chi connectivity index (χ4v) is 10.0. The SMILES string of the molecule is CN1CCC[C@@H]1c1cc2cnc(NC(=O)c3ccc(N4CCC(OCC5CCN(c6cccc7c6CN(C6CCC(=O)NC6=O)C7=O)CC5)CC4)cc3)cc2n1C(=O)OC(C)(C)C. The Balaban J connectivity index is 0.749. The van der Waals surface area contributed by atoms with Crippen molar-refractivity contribution < 1.29 is 33.4 Å². The van der Waals surface area contributed by atoms with Gasteiger partial charge >= 0.3 is 6.09 Å². The number of aromatic nitrogens is 2. The average molecular weight is 859 g/mol. The number of hydrogen-bond donors (Lipinski definition) is 2. The maximum atomic E-state index is 13.6. The molecule has 2 aromatic carbocycles. The van der Waals surface area contributed by atoms with E-state index in [1.807, 2.05) is 63.2 Å². The molecule has 4 amide bonds. The number of benzene rings is 2. The zero-order chi connectivity index (χ0) is 44.0. The lowest BCUT2D eigenvalue weighted by Gasteiger charge is -2.37. The molecule has 4 fully saturated rings. The summed E-state index contributed by atoms with van der Waals surface area (Å²) in [6.45, 7) is 11.1. The Bertz CT molecular complexity index is 2410. The number of carbonyl (C=O) groups excluding carboxylic acids is 5. The molecule has 63 heavy (non-hydrogen) atoms. The number of likely N-dealkylation sites (tertiary alicyclic amines) is 1. The molecule has 2 aromatic heterocycles. The van der Waals surface area contributed by atoms with Crippen molar-refractivity contribution in [2.75, 3.05) is 61.5 Å². The van der Waals surface area contributed by atoms with E-state index in [1.165, 1.54) is 0 Å². The number of carbonyl (C=O) groups is 5. The zero-order valence-corrected chi connectivity index (χ0v) is 36.7. The van der Waals surface area contributed by atoms with Gasteiger partial charge in [-0.2, -0.15) is 0 Å². The van der Waals surface area contributed by atoms with Crippen LogP contribution in [0.15, 0.2) is 60.8 Å². The van der Waals surface area contributed by atoms with E-state index in [9.17, 15) is 24.0 Å². The molecular formula is C48H58N8O7. The highest BCUT2D eigenvalue weighted by molar-refractivity contribution is 6.06. The van der Waals surface area contributed by atoms with Crippen molar-refractivity contribution in [3.05, 3.63) is 83.2 Å². The van der Waals surface area contributed by atoms with Gasteiger partial charge in [0.2, 0.25) is 11.8 Å². The van der Waals surface area contributed by atoms with E-state index in [4.69, 9.17) is 9.47 Å². The Morgan fingerprint density at radius 3 is 2.32 bits per heavy atom. The average Bonchev–Trinajstić information content (AvgIpc) is 3.97. The molecule has 9 rings (SSSR count). The number of fused-ring (bicyclic) bond motifs is 2. The van der Waals surface area contributed by atoms with Crippen LogP contribution in [0.4, 0.5) is 22.0 Å². The molecule has 15 nitrogen and oxygen atoms in total. The predicted molar refractivity (Wildman–Crippen MR) is 239 cm³/mol. The number of pyridine rings is 1. The zero-order valence-electron chi connectivity index (χ0n) is 36.7. The number of rotatable bonds is 9. The van der Waals surface area contributed by atoms with Crippen LogP contribution in [-0.2, 0) is 25.6 Å². The van der Waals surface area contributed by atoms with Crippen LogP contribution in [0.5, 0.6) is 0 Å². The summed E-state index contributed by atoms with van der Waals surface area (Å²) in [6.07, 6.45) is 7.87. The van der Waals surface area contributed by atoms with Gasteiger partial charge in [0.25, 0.3) is 11.8 Å². The molecule has 7 heterocycles. The Morgan fingerprint density at radius 2 is 1.62 bits per heavy atom. The highest BCUT2D eigenvalue weighted by Gasteiger charge is 2.41. The maximum absolute atomic E-state index is 13.6. The summed E-state index contributed by atoms with van der Waals surface area (Å²) >= 11 is 0. The first-order chi connectivity index (χ1) is 30.3. The number of piperidine rings is 3. The summed E-state index contributed by atoms with van der Waals surface area (Å²) in [4.78, 5) is 77.8. The molecule has 5 aliphatic heterocycles. The third-order valence-electron chi connectivity index (χ3n) is 13.4. The number of anilines is 3. The minimum absolute atomic E-state index is 0.0816. The lowest BCUT2D eigenvalue weighted by Crippen LogP contribution is -2.52. The molecule has 15 heteroatoms. The molecule has 0 bridgehead atoms. The summed E-state index contributed by atoms with van der Waals surface area (Å²) in [5.74, 6) is -0.285. The molecule has 2 N–H and O–H groups in total. The van der Waals surface area contributed by atoms with Crippen molar-refractivity contribution in [1.29, 1.82) is 0 Å². The number of ether oxygens (including phenoxy) is 2. The van der Waals surface area contributed by atoms with Crippen LogP contribution in [0.1, 0.15) is 110 Å². The summed E-state index contributed by atoms with van der Waals surface area (Å²) in [5, 5.41) is 6.14. The molecule has 0 spiro atoms. The van der Waals surface area contributed by atoms with E-state index in [2.05, 4.69) is 43.4 Å². The fourth-order valence-electron chi connectivity index (χ4n) is 10.0.